The molecule has 76 heavy (non-hydrogen) atoms. The van der Waals surface area contributed by atoms with E-state index in [0.717, 1.165) is 0 Å². The minimum absolute atomic E-state index is 0.0504. The Labute approximate surface area is 439 Å². The molecule has 15 N–H and O–H groups in total. The summed E-state index contributed by atoms with van der Waals surface area (Å²) in [7, 11) is 0. The molecule has 1 aromatic carbocycles. The van der Waals surface area contributed by atoms with Crippen molar-refractivity contribution in [3.05, 3.63) is 54.1 Å². The Bertz CT molecular complexity index is 2390. The average Bonchev–Trinajstić information content (AvgIpc) is 4.19. The van der Waals surface area contributed by atoms with Crippen LogP contribution in [-0.4, -0.2) is 170 Å². The molecular weight excluding hydrogens is 993 g/mol. The molecule has 1 aromatic heterocycles. The predicted octanol–water partition coefficient (Wildman–Crippen LogP) is -3.63. The highest BCUT2D eigenvalue weighted by molar-refractivity contribution is 5.99. The number of aliphatic carboxylic acids is 1. The standard InChI is InChI=1S/C49H72N14O13/c1-27(55-29(3)64)42(69)60-36(24-31-25-53-26-54-31)49(76)63-22-10-15-38(63)47(74)59-33(16-18-39(51)65)45(72)61-35(23-30-11-5-4-6-12-30)48(75)62-21-9-14-37(62)46(73)56-28(2)43(70)58-34(17-19-40(66)67)44(71)57-32(41(52)68)13-7-8-20-50/h4-6,11-12,25-28,32-38H,7-10,13-24,50H2,1-3H3,(H2,51,65)(H2,52,68)(H,53,54)(H,55,64)(H,56,73)(H,57,71)(H,58,70)(H,59,74)(H,60,69)(H,61,72)(H,66,67)/t27-,28-,32-,33-,34-,35-,36-,37-,38-/m0/s1. The van der Waals surface area contributed by atoms with Crippen LogP contribution < -0.4 is 54.4 Å². The Morgan fingerprint density at radius 3 is 1.68 bits per heavy atom. The van der Waals surface area contributed by atoms with E-state index in [1.165, 1.54) is 43.1 Å². The number of carbonyl (C=O) groups excluding carboxylic acids is 11. The number of nitrogens with zero attached hydrogens (tertiary/aromatic N) is 3. The van der Waals surface area contributed by atoms with Gasteiger partial charge in [0.05, 0.1) is 6.33 Å². The van der Waals surface area contributed by atoms with Gasteiger partial charge in [-0.05, 0) is 83.7 Å². The Morgan fingerprint density at radius 1 is 0.645 bits per heavy atom. The smallest absolute Gasteiger partial charge is 0.303 e. The number of carboxylic acids is 1. The zero-order valence-electron chi connectivity index (χ0n) is 43.0. The van der Waals surface area contributed by atoms with Crippen LogP contribution in [-0.2, 0) is 70.4 Å². The highest BCUT2D eigenvalue weighted by Gasteiger charge is 2.42. The molecule has 2 fully saturated rings. The molecule has 2 aliphatic heterocycles. The fourth-order valence-corrected chi connectivity index (χ4v) is 8.89. The van der Waals surface area contributed by atoms with Crippen molar-refractivity contribution in [1.29, 1.82) is 0 Å². The fourth-order valence-electron chi connectivity index (χ4n) is 8.89. The first-order valence-electron chi connectivity index (χ1n) is 25.3. The van der Waals surface area contributed by atoms with E-state index in [1.807, 2.05) is 0 Å². The molecule has 11 amide bonds. The predicted molar refractivity (Wildman–Crippen MR) is 270 cm³/mol. The lowest BCUT2D eigenvalue weighted by Crippen LogP contribution is -2.60. The Morgan fingerprint density at radius 2 is 1.16 bits per heavy atom. The van der Waals surface area contributed by atoms with Crippen LogP contribution >= 0.6 is 0 Å². The summed E-state index contributed by atoms with van der Waals surface area (Å²) in [6.07, 6.45) is 3.28. The lowest BCUT2D eigenvalue weighted by atomic mass is 10.0. The molecule has 4 rings (SSSR count). The van der Waals surface area contributed by atoms with Gasteiger partial charge in [-0.1, -0.05) is 30.3 Å². The van der Waals surface area contributed by atoms with Gasteiger partial charge in [0.25, 0.3) is 0 Å². The van der Waals surface area contributed by atoms with Crippen molar-refractivity contribution in [3.8, 4) is 0 Å². The van der Waals surface area contributed by atoms with Crippen LogP contribution in [0.25, 0.3) is 0 Å². The van der Waals surface area contributed by atoms with E-state index in [-0.39, 0.29) is 64.5 Å². The molecule has 9 atom stereocenters. The lowest BCUT2D eigenvalue weighted by molar-refractivity contribution is -0.143. The number of aromatic nitrogens is 2. The van der Waals surface area contributed by atoms with E-state index in [0.29, 0.717) is 43.5 Å². The highest BCUT2D eigenvalue weighted by atomic mass is 16.4. The van der Waals surface area contributed by atoms with Crippen LogP contribution in [0, 0.1) is 0 Å². The number of aromatic amines is 1. The van der Waals surface area contributed by atoms with Gasteiger partial charge >= 0.3 is 5.97 Å². The number of nitrogens with one attached hydrogen (secondary N) is 8. The van der Waals surface area contributed by atoms with Crippen LogP contribution in [0.3, 0.4) is 0 Å². The first-order valence-corrected chi connectivity index (χ1v) is 25.3. The molecular formula is C49H72N14O13. The molecule has 0 unspecified atom stereocenters. The third kappa shape index (κ3) is 18.8. The number of imidazole rings is 1. The van der Waals surface area contributed by atoms with E-state index >= 15 is 0 Å². The zero-order valence-corrected chi connectivity index (χ0v) is 43.0. The third-order valence-corrected chi connectivity index (χ3v) is 12.9. The van der Waals surface area contributed by atoms with Crippen molar-refractivity contribution in [2.45, 2.75) is 159 Å². The van der Waals surface area contributed by atoms with Gasteiger partial charge in [-0.2, -0.15) is 0 Å². The van der Waals surface area contributed by atoms with Crippen molar-refractivity contribution < 1.29 is 62.6 Å². The fraction of sp³-hybridized carbons (Fsp3) is 0.571. The SMILES string of the molecule is CC(=O)N[C@@H](C)C(=O)N[C@@H](Cc1cnc[nH]1)C(=O)N1CCC[C@H]1C(=O)N[C@@H](CCC(N)=O)C(=O)N[C@@H](Cc1ccccc1)C(=O)N1CCC[C@H]1C(=O)N[C@@H](C)C(=O)N[C@@H](CCC(=O)O)C(=O)N[C@@H](CCCCN)C(N)=O. The average molecular weight is 1070 g/mol. The number of likely N-dealkylation sites (tertiary alicyclic amines) is 2. The molecule has 0 radical (unpaired) electrons. The van der Waals surface area contributed by atoms with Crippen molar-refractivity contribution >= 4 is 70.9 Å². The van der Waals surface area contributed by atoms with E-state index in [2.05, 4.69) is 47.2 Å². The van der Waals surface area contributed by atoms with Gasteiger partial charge in [0.2, 0.25) is 65.0 Å². The molecule has 0 spiro atoms. The number of H-pyrrole nitrogens is 1. The van der Waals surface area contributed by atoms with Crippen LogP contribution in [0.15, 0.2) is 42.9 Å². The summed E-state index contributed by atoms with van der Waals surface area (Å²) < 4.78 is 0. The second kappa shape index (κ2) is 29.8. The van der Waals surface area contributed by atoms with Gasteiger partial charge in [-0.15, -0.1) is 0 Å². The number of carboxylic acid groups (broad SMARTS) is 1. The number of rotatable bonds is 30. The molecule has 2 aliphatic rings. The number of primary amides is 2. The zero-order chi connectivity index (χ0) is 56.1. The molecule has 2 saturated heterocycles. The number of unbranched alkanes of at least 4 members (excludes halogenated alkanes) is 1. The molecule has 0 aliphatic carbocycles. The molecule has 416 valence electrons. The molecule has 27 nitrogen and oxygen atoms in total. The van der Waals surface area contributed by atoms with Crippen LogP contribution in [0.4, 0.5) is 0 Å². The topological polar surface area (TPSA) is 422 Å². The van der Waals surface area contributed by atoms with Gasteiger partial charge in [-0.25, -0.2) is 4.98 Å². The molecule has 3 heterocycles. The second-order valence-corrected chi connectivity index (χ2v) is 18.9. The van der Waals surface area contributed by atoms with Crippen LogP contribution in [0.1, 0.15) is 103 Å². The van der Waals surface area contributed by atoms with Gasteiger partial charge in [0, 0.05) is 57.6 Å². The highest BCUT2D eigenvalue weighted by Crippen LogP contribution is 2.22. The van der Waals surface area contributed by atoms with Gasteiger partial charge < -0.3 is 74.3 Å². The Kier molecular flexibility index (Phi) is 23.8. The summed E-state index contributed by atoms with van der Waals surface area (Å²) in [5.41, 5.74) is 17.6. The van der Waals surface area contributed by atoms with Gasteiger partial charge in [0.15, 0.2) is 0 Å². The van der Waals surface area contributed by atoms with E-state index in [1.54, 1.807) is 30.3 Å². The lowest BCUT2D eigenvalue weighted by Gasteiger charge is -2.31. The maximum Gasteiger partial charge on any atom is 0.303 e. The molecule has 27 heteroatoms. The molecule has 0 bridgehead atoms. The summed E-state index contributed by atoms with van der Waals surface area (Å²) in [6.45, 7) is 4.48. The molecule has 0 saturated carbocycles. The van der Waals surface area contributed by atoms with Gasteiger partial charge in [-0.3, -0.25) is 57.5 Å². The van der Waals surface area contributed by atoms with Crippen molar-refractivity contribution in [2.75, 3.05) is 19.6 Å². The number of carbonyl (C=O) groups is 12. The summed E-state index contributed by atoms with van der Waals surface area (Å²) in [5.74, 6) is -9.54. The van der Waals surface area contributed by atoms with E-state index < -0.39 is 132 Å². The van der Waals surface area contributed by atoms with Crippen molar-refractivity contribution in [3.63, 3.8) is 0 Å². The van der Waals surface area contributed by atoms with Crippen molar-refractivity contribution in [1.82, 2.24) is 57.0 Å². The first-order chi connectivity index (χ1) is 36.1. The third-order valence-electron chi connectivity index (χ3n) is 12.9. The van der Waals surface area contributed by atoms with E-state index in [4.69, 9.17) is 17.2 Å². The number of hydrogen-bond donors (Lipinski definition) is 12. The van der Waals surface area contributed by atoms with Gasteiger partial charge in [0.1, 0.15) is 54.4 Å². The summed E-state index contributed by atoms with van der Waals surface area (Å²) in [5, 5.41) is 27.3. The van der Waals surface area contributed by atoms with Crippen LogP contribution in [0.5, 0.6) is 0 Å². The normalized spacial score (nSPS) is 17.8. The number of benzene rings is 1. The van der Waals surface area contributed by atoms with E-state index in [9.17, 15) is 62.6 Å². The largest absolute Gasteiger partial charge is 0.481 e. The first kappa shape index (κ1) is 60.6. The van der Waals surface area contributed by atoms with Crippen LogP contribution in [0.2, 0.25) is 0 Å². The molecule has 2 aromatic rings. The quantitative estimate of drug-likeness (QED) is 0.0336. The monoisotopic (exact) mass is 1060 g/mol. The minimum Gasteiger partial charge on any atom is -0.481 e. The summed E-state index contributed by atoms with van der Waals surface area (Å²) in [6, 6.07) is -2.66. The number of amides is 11. The Hall–Kier alpha value is -7.97. The second-order valence-electron chi connectivity index (χ2n) is 18.9. The maximum atomic E-state index is 14.6. The number of hydrogen-bond acceptors (Lipinski definition) is 14. The Balaban J connectivity index is 1.51. The maximum absolute atomic E-state index is 14.6. The summed E-state index contributed by atoms with van der Waals surface area (Å²) in [4.78, 5) is 168. The van der Waals surface area contributed by atoms with Crippen molar-refractivity contribution in [2.24, 2.45) is 17.2 Å². The minimum atomic E-state index is -1.47. The number of nitrogens with two attached hydrogens (primary N) is 3. The summed E-state index contributed by atoms with van der Waals surface area (Å²) >= 11 is 0.